The lowest BCUT2D eigenvalue weighted by Gasteiger charge is -1.99. The molecule has 0 amide bonds. The number of hydrogen-bond donors (Lipinski definition) is 1. The zero-order valence-electron chi connectivity index (χ0n) is 13.7. The zero-order chi connectivity index (χ0) is 15.5. The Bertz CT molecular complexity index is 171. The maximum Gasteiger partial charge on any atom is 0.319 e. The van der Waals surface area contributed by atoms with Gasteiger partial charge in [-0.05, 0) is 20.3 Å². The van der Waals surface area contributed by atoms with Crippen molar-refractivity contribution in [1.29, 1.82) is 0 Å². The van der Waals surface area contributed by atoms with Gasteiger partial charge in [0.1, 0.15) is 0 Å². The molecule has 20 heavy (non-hydrogen) atoms. The average Bonchev–Trinajstić information content (AvgIpc) is 2.43. The van der Waals surface area contributed by atoms with Crippen LogP contribution in [-0.4, -0.2) is 24.9 Å². The van der Waals surface area contributed by atoms with Gasteiger partial charge in [0.2, 0.25) is 0 Å². The predicted octanol–water partition coefficient (Wildman–Crippen LogP) is 4.96. The number of unbranched alkanes of at least 4 members (excludes halogenated alkanes) is 8. The SMILES string of the molecule is CCCCCCCCCCCO.CCO[PH](=O)OCC. The Kier molecular flexibility index (Phi) is 24.0. The molecule has 5 heteroatoms. The maximum absolute atomic E-state index is 10.4. The summed E-state index contributed by atoms with van der Waals surface area (Å²) in [4.78, 5) is 0. The predicted molar refractivity (Wildman–Crippen MR) is 86.6 cm³/mol. The highest BCUT2D eigenvalue weighted by molar-refractivity contribution is 7.33. The van der Waals surface area contributed by atoms with Crippen LogP contribution in [0.15, 0.2) is 0 Å². The minimum absolute atomic E-state index is 0.371. The number of aliphatic hydroxyl groups excluding tert-OH is 1. The Morgan fingerprint density at radius 2 is 1.15 bits per heavy atom. The molecule has 0 radical (unpaired) electrons. The van der Waals surface area contributed by atoms with Gasteiger partial charge in [-0.2, -0.15) is 0 Å². The van der Waals surface area contributed by atoms with E-state index in [0.29, 0.717) is 19.8 Å². The molecule has 124 valence electrons. The van der Waals surface area contributed by atoms with Gasteiger partial charge in [-0.1, -0.05) is 58.3 Å². The second-order valence-electron chi connectivity index (χ2n) is 4.67. The Hall–Kier alpha value is 0.110. The van der Waals surface area contributed by atoms with Crippen LogP contribution in [0.25, 0.3) is 0 Å². The third-order valence-electron chi connectivity index (χ3n) is 2.79. The van der Waals surface area contributed by atoms with E-state index in [1.54, 1.807) is 13.8 Å². The first-order valence-corrected chi connectivity index (χ1v) is 9.35. The number of hydrogen-bond acceptors (Lipinski definition) is 4. The van der Waals surface area contributed by atoms with E-state index in [9.17, 15) is 4.57 Å². The molecule has 4 nitrogen and oxygen atoms in total. The molecule has 0 aromatic carbocycles. The van der Waals surface area contributed by atoms with Crippen LogP contribution in [0.1, 0.15) is 78.6 Å². The van der Waals surface area contributed by atoms with Crippen LogP contribution in [0.2, 0.25) is 0 Å². The topological polar surface area (TPSA) is 55.8 Å². The summed E-state index contributed by atoms with van der Waals surface area (Å²) in [6.07, 6.45) is 11.8. The smallest absolute Gasteiger partial charge is 0.319 e. The molecule has 0 unspecified atom stereocenters. The minimum Gasteiger partial charge on any atom is -0.396 e. The second kappa shape index (κ2) is 21.4. The standard InChI is InChI=1S/C11H24O.C4H11O3P/c1-2-3-4-5-6-7-8-9-10-11-12;1-3-6-8(5)7-4-2/h12H,2-11H2,1H3;8H,3-4H2,1-2H3. The van der Waals surface area contributed by atoms with Crippen LogP contribution in [0.4, 0.5) is 0 Å². The minimum atomic E-state index is -2.14. The molecule has 0 atom stereocenters. The number of rotatable bonds is 13. The lowest BCUT2D eigenvalue weighted by Crippen LogP contribution is -1.84. The molecule has 1 N–H and O–H groups in total. The molecule has 0 aliphatic carbocycles. The fourth-order valence-corrected chi connectivity index (χ4v) is 2.25. The van der Waals surface area contributed by atoms with E-state index in [2.05, 4.69) is 16.0 Å². The largest absolute Gasteiger partial charge is 0.396 e. The Morgan fingerprint density at radius 1 is 0.750 bits per heavy atom. The fraction of sp³-hybridized carbons (Fsp3) is 1.00. The van der Waals surface area contributed by atoms with Crippen molar-refractivity contribution >= 4 is 8.25 Å². The lowest BCUT2D eigenvalue weighted by molar-refractivity contribution is 0.243. The molecule has 0 heterocycles. The first-order valence-electron chi connectivity index (χ1n) is 8.13. The molecule has 0 rings (SSSR count). The normalized spacial score (nSPS) is 10.4. The zero-order valence-corrected chi connectivity index (χ0v) is 14.7. The van der Waals surface area contributed by atoms with Crippen molar-refractivity contribution in [2.45, 2.75) is 78.6 Å². The van der Waals surface area contributed by atoms with Gasteiger partial charge >= 0.3 is 8.25 Å². The van der Waals surface area contributed by atoms with Crippen molar-refractivity contribution in [1.82, 2.24) is 0 Å². The monoisotopic (exact) mass is 310 g/mol. The summed E-state index contributed by atoms with van der Waals surface area (Å²) >= 11 is 0. The van der Waals surface area contributed by atoms with Crippen molar-refractivity contribution < 1.29 is 18.7 Å². The van der Waals surface area contributed by atoms with E-state index in [1.165, 1.54) is 51.4 Å². The van der Waals surface area contributed by atoms with Crippen molar-refractivity contribution in [3.8, 4) is 0 Å². The van der Waals surface area contributed by atoms with Crippen LogP contribution < -0.4 is 0 Å². The van der Waals surface area contributed by atoms with Gasteiger partial charge in [0, 0.05) is 6.61 Å². The quantitative estimate of drug-likeness (QED) is 0.386. The Morgan fingerprint density at radius 3 is 1.50 bits per heavy atom. The molecule has 0 spiro atoms. The van der Waals surface area contributed by atoms with Gasteiger partial charge in [-0.25, -0.2) is 0 Å². The van der Waals surface area contributed by atoms with E-state index in [0.717, 1.165) is 6.42 Å². The maximum atomic E-state index is 10.4. The van der Waals surface area contributed by atoms with Gasteiger partial charge < -0.3 is 14.2 Å². The molecule has 0 aliphatic rings. The van der Waals surface area contributed by atoms with E-state index in [-0.39, 0.29) is 0 Å². The van der Waals surface area contributed by atoms with Crippen molar-refractivity contribution in [2.75, 3.05) is 19.8 Å². The molecule has 0 saturated heterocycles. The van der Waals surface area contributed by atoms with E-state index in [4.69, 9.17) is 5.11 Å². The summed E-state index contributed by atoms with van der Waals surface area (Å²) in [5.74, 6) is 0. The van der Waals surface area contributed by atoms with Crippen molar-refractivity contribution in [3.05, 3.63) is 0 Å². The molecule has 0 aromatic rings. The van der Waals surface area contributed by atoms with Gasteiger partial charge in [-0.15, -0.1) is 0 Å². The highest BCUT2D eigenvalue weighted by atomic mass is 31.1. The second-order valence-corrected chi connectivity index (χ2v) is 5.75. The van der Waals surface area contributed by atoms with Gasteiger partial charge in [0.05, 0.1) is 13.2 Å². The number of aliphatic hydroxyl groups is 1. The lowest BCUT2D eigenvalue weighted by atomic mass is 10.1. The molecular formula is C15H35O4P. The van der Waals surface area contributed by atoms with Crippen LogP contribution >= 0.6 is 8.25 Å². The van der Waals surface area contributed by atoms with E-state index < -0.39 is 8.25 Å². The summed E-state index contributed by atoms with van der Waals surface area (Å²) < 4.78 is 19.6. The summed E-state index contributed by atoms with van der Waals surface area (Å²) in [5, 5.41) is 8.54. The van der Waals surface area contributed by atoms with Gasteiger partial charge in [0.25, 0.3) is 0 Å². The summed E-state index contributed by atoms with van der Waals surface area (Å²) in [7, 11) is -2.14. The first-order chi connectivity index (χ1) is 9.72. The van der Waals surface area contributed by atoms with Crippen molar-refractivity contribution in [2.24, 2.45) is 0 Å². The highest BCUT2D eigenvalue weighted by Crippen LogP contribution is 2.21. The molecular weight excluding hydrogens is 275 g/mol. The summed E-state index contributed by atoms with van der Waals surface area (Å²) in [5.41, 5.74) is 0. The van der Waals surface area contributed by atoms with Gasteiger partial charge in [0.15, 0.2) is 0 Å². The third-order valence-corrected chi connectivity index (χ3v) is 3.83. The van der Waals surface area contributed by atoms with Crippen LogP contribution in [0.3, 0.4) is 0 Å². The Labute approximate surface area is 126 Å². The van der Waals surface area contributed by atoms with Crippen molar-refractivity contribution in [3.63, 3.8) is 0 Å². The molecule has 0 bridgehead atoms. The summed E-state index contributed by atoms with van der Waals surface area (Å²) in [6, 6.07) is 0. The third kappa shape index (κ3) is 23.2. The van der Waals surface area contributed by atoms with E-state index in [1.807, 2.05) is 0 Å². The Balaban J connectivity index is 0. The summed E-state index contributed by atoms with van der Waals surface area (Å²) in [6.45, 7) is 7.09. The van der Waals surface area contributed by atoms with Crippen LogP contribution in [-0.2, 0) is 13.6 Å². The molecule has 0 fully saturated rings. The fourth-order valence-electron chi connectivity index (χ4n) is 1.70. The average molecular weight is 310 g/mol. The van der Waals surface area contributed by atoms with Gasteiger partial charge in [-0.3, -0.25) is 4.57 Å². The van der Waals surface area contributed by atoms with E-state index >= 15 is 0 Å². The molecule has 0 aromatic heterocycles. The van der Waals surface area contributed by atoms with Crippen LogP contribution in [0, 0.1) is 0 Å². The highest BCUT2D eigenvalue weighted by Gasteiger charge is 1.92. The first kappa shape index (κ1) is 22.4. The van der Waals surface area contributed by atoms with Crippen LogP contribution in [0.5, 0.6) is 0 Å². The molecule has 0 saturated carbocycles. The molecule has 0 aliphatic heterocycles.